The quantitative estimate of drug-likeness (QED) is 0.694. The third kappa shape index (κ3) is 9.71. The van der Waals surface area contributed by atoms with E-state index in [1.807, 2.05) is 22.9 Å². The van der Waals surface area contributed by atoms with Crippen LogP contribution in [0.25, 0.3) is 0 Å². The second-order valence-electron chi connectivity index (χ2n) is 4.61. The molecule has 0 radical (unpaired) electrons. The van der Waals surface area contributed by atoms with Crippen molar-refractivity contribution in [2.24, 2.45) is 5.73 Å². The van der Waals surface area contributed by atoms with Crippen molar-refractivity contribution in [1.29, 1.82) is 0 Å². The first kappa shape index (κ1) is 18.3. The number of nitrogens with two attached hydrogens (primary N) is 1. The van der Waals surface area contributed by atoms with Gasteiger partial charge in [-0.1, -0.05) is 36.4 Å². The summed E-state index contributed by atoms with van der Waals surface area (Å²) >= 11 is 0. The second-order valence-corrected chi connectivity index (χ2v) is 4.61. The van der Waals surface area contributed by atoms with E-state index >= 15 is 0 Å². The van der Waals surface area contributed by atoms with Gasteiger partial charge in [0.15, 0.2) is 0 Å². The van der Waals surface area contributed by atoms with Gasteiger partial charge in [0.25, 0.3) is 0 Å². The third-order valence-corrected chi connectivity index (χ3v) is 2.69. The number of hydrogen-bond acceptors (Lipinski definition) is 4. The van der Waals surface area contributed by atoms with Crippen molar-refractivity contribution in [3.8, 4) is 11.5 Å². The number of rotatable bonds is 3. The van der Waals surface area contributed by atoms with E-state index in [2.05, 4.69) is 4.98 Å². The molecule has 0 spiro atoms. The van der Waals surface area contributed by atoms with Crippen molar-refractivity contribution in [2.45, 2.75) is 13.0 Å². The molecule has 4 N–H and O–H groups in total. The fourth-order valence-electron chi connectivity index (χ4n) is 1.55. The molecule has 0 aliphatic rings. The van der Waals surface area contributed by atoms with Crippen molar-refractivity contribution in [3.05, 3.63) is 79.4 Å². The highest BCUT2D eigenvalue weighted by Gasteiger charge is 1.85. The smallest absolute Gasteiger partial charge is 0.115 e. The first-order valence-corrected chi connectivity index (χ1v) is 7.36. The Kier molecular flexibility index (Phi) is 9.39. The maximum atomic E-state index is 8.63. The topological polar surface area (TPSA) is 84.3 Å². The number of phenols is 2. The first-order valence-electron chi connectivity index (χ1n) is 7.36. The largest absolute Gasteiger partial charge is 0.508 e. The molecule has 0 saturated heterocycles. The highest BCUT2D eigenvalue weighted by Crippen LogP contribution is 2.03. The first-order chi connectivity index (χ1) is 11.2. The minimum atomic E-state index is 0.322. The Balaban J connectivity index is 0.000000175. The van der Waals surface area contributed by atoms with Crippen LogP contribution in [0.15, 0.2) is 79.4 Å². The number of aromatic hydroxyl groups is 2. The molecule has 0 unspecified atom stereocenters. The average molecular weight is 313 g/mol. The molecule has 0 bridgehead atoms. The number of nitrogens with zero attached hydrogens (tertiary/aromatic N) is 2. The SMILES string of the molecule is NCCCn1ccnc1.Oc1ccccc1.Oc1ccccc1. The molecule has 2 aromatic carbocycles. The minimum Gasteiger partial charge on any atom is -0.508 e. The number of hydrogen-bond donors (Lipinski definition) is 3. The van der Waals surface area contributed by atoms with Crippen molar-refractivity contribution < 1.29 is 10.2 Å². The minimum absolute atomic E-state index is 0.322. The van der Waals surface area contributed by atoms with E-state index in [9.17, 15) is 0 Å². The van der Waals surface area contributed by atoms with Gasteiger partial charge < -0.3 is 20.5 Å². The zero-order chi connectivity index (χ0) is 16.8. The number of aromatic nitrogens is 2. The Hall–Kier alpha value is -2.79. The molecule has 23 heavy (non-hydrogen) atoms. The van der Waals surface area contributed by atoms with E-state index in [1.165, 1.54) is 0 Å². The Bertz CT molecular complexity index is 561. The predicted octanol–water partition coefficient (Wildman–Crippen LogP) is 3.02. The second kappa shape index (κ2) is 11.8. The molecular weight excluding hydrogens is 290 g/mol. The van der Waals surface area contributed by atoms with Gasteiger partial charge in [0.2, 0.25) is 0 Å². The lowest BCUT2D eigenvalue weighted by Gasteiger charge is -1.96. The van der Waals surface area contributed by atoms with Gasteiger partial charge in [-0.3, -0.25) is 0 Å². The van der Waals surface area contributed by atoms with Crippen LogP contribution in [0.5, 0.6) is 11.5 Å². The average Bonchev–Trinajstić information content (AvgIpc) is 3.09. The lowest BCUT2D eigenvalue weighted by molar-refractivity contribution is 0.475. The summed E-state index contributed by atoms with van der Waals surface area (Å²) in [5.41, 5.74) is 5.31. The van der Waals surface area contributed by atoms with Gasteiger partial charge in [-0.25, -0.2) is 4.98 Å². The summed E-state index contributed by atoms with van der Waals surface area (Å²) in [4.78, 5) is 3.90. The third-order valence-electron chi connectivity index (χ3n) is 2.69. The van der Waals surface area contributed by atoms with Crippen LogP contribution in [0.2, 0.25) is 0 Å². The van der Waals surface area contributed by atoms with E-state index in [1.54, 1.807) is 61.1 Å². The van der Waals surface area contributed by atoms with Crippen molar-refractivity contribution in [3.63, 3.8) is 0 Å². The lowest BCUT2D eigenvalue weighted by atomic mass is 10.3. The summed E-state index contributed by atoms with van der Waals surface area (Å²) in [6.45, 7) is 1.73. The highest BCUT2D eigenvalue weighted by atomic mass is 16.3. The van der Waals surface area contributed by atoms with Gasteiger partial charge in [-0.05, 0) is 37.2 Å². The number of phenolic OH excluding ortho intramolecular Hbond substituents is 2. The van der Waals surface area contributed by atoms with E-state index in [0.717, 1.165) is 19.5 Å². The number of imidazole rings is 1. The number of aryl methyl sites for hydroxylation is 1. The zero-order valence-electron chi connectivity index (χ0n) is 13.0. The van der Waals surface area contributed by atoms with Crippen LogP contribution in [0.1, 0.15) is 6.42 Å². The Morgan fingerprint density at radius 1 is 0.870 bits per heavy atom. The summed E-state index contributed by atoms with van der Waals surface area (Å²) in [7, 11) is 0. The molecule has 5 nitrogen and oxygen atoms in total. The summed E-state index contributed by atoms with van der Waals surface area (Å²) in [5.74, 6) is 0.644. The van der Waals surface area contributed by atoms with Gasteiger partial charge in [0.05, 0.1) is 6.33 Å². The van der Waals surface area contributed by atoms with Gasteiger partial charge in [-0.15, -0.1) is 0 Å². The fourth-order valence-corrected chi connectivity index (χ4v) is 1.55. The molecule has 5 heteroatoms. The molecule has 0 aliphatic carbocycles. The standard InChI is InChI=1S/C6H11N3.2C6H6O/c7-2-1-4-9-5-3-8-6-9;2*7-6-4-2-1-3-5-6/h3,5-6H,1-2,4,7H2;2*1-5,7H. The molecule has 1 heterocycles. The molecule has 0 saturated carbocycles. The molecule has 0 amide bonds. The van der Waals surface area contributed by atoms with Gasteiger partial charge >= 0.3 is 0 Å². The van der Waals surface area contributed by atoms with Crippen LogP contribution in [0.3, 0.4) is 0 Å². The summed E-state index contributed by atoms with van der Waals surface area (Å²) in [6, 6.07) is 17.4. The molecular formula is C18H23N3O2. The Labute approximate surface area is 136 Å². The molecule has 3 rings (SSSR count). The van der Waals surface area contributed by atoms with E-state index in [4.69, 9.17) is 15.9 Å². The van der Waals surface area contributed by atoms with Gasteiger partial charge in [0.1, 0.15) is 11.5 Å². The lowest BCUT2D eigenvalue weighted by Crippen LogP contribution is -2.03. The molecule has 0 aliphatic heterocycles. The van der Waals surface area contributed by atoms with Crippen molar-refractivity contribution >= 4 is 0 Å². The molecule has 1 aromatic heterocycles. The van der Waals surface area contributed by atoms with Crippen LogP contribution < -0.4 is 5.73 Å². The van der Waals surface area contributed by atoms with E-state index in [-0.39, 0.29) is 0 Å². The molecule has 3 aromatic rings. The zero-order valence-corrected chi connectivity index (χ0v) is 13.0. The Morgan fingerprint density at radius 3 is 1.70 bits per heavy atom. The number of para-hydroxylation sites is 2. The van der Waals surface area contributed by atoms with Crippen LogP contribution in [-0.4, -0.2) is 26.3 Å². The molecule has 0 atom stereocenters. The van der Waals surface area contributed by atoms with Crippen LogP contribution in [0, 0.1) is 0 Å². The van der Waals surface area contributed by atoms with Crippen LogP contribution in [0.4, 0.5) is 0 Å². The van der Waals surface area contributed by atoms with Crippen molar-refractivity contribution in [2.75, 3.05) is 6.54 Å². The molecule has 122 valence electrons. The maximum Gasteiger partial charge on any atom is 0.115 e. The summed E-state index contributed by atoms with van der Waals surface area (Å²) in [6.07, 6.45) is 6.54. The summed E-state index contributed by atoms with van der Waals surface area (Å²) in [5, 5.41) is 17.3. The van der Waals surface area contributed by atoms with Crippen LogP contribution in [-0.2, 0) is 6.54 Å². The van der Waals surface area contributed by atoms with Crippen molar-refractivity contribution in [1.82, 2.24) is 9.55 Å². The summed E-state index contributed by atoms with van der Waals surface area (Å²) < 4.78 is 2.02. The monoisotopic (exact) mass is 313 g/mol. The van der Waals surface area contributed by atoms with E-state index < -0.39 is 0 Å². The van der Waals surface area contributed by atoms with Gasteiger partial charge in [0, 0.05) is 18.9 Å². The fraction of sp³-hybridized carbons (Fsp3) is 0.167. The highest BCUT2D eigenvalue weighted by molar-refractivity contribution is 5.19. The number of benzene rings is 2. The normalized spacial score (nSPS) is 9.09. The van der Waals surface area contributed by atoms with Crippen LogP contribution >= 0.6 is 0 Å². The predicted molar refractivity (Wildman–Crippen MR) is 92.1 cm³/mol. The van der Waals surface area contributed by atoms with Gasteiger partial charge in [-0.2, -0.15) is 0 Å². The Morgan fingerprint density at radius 2 is 1.39 bits per heavy atom. The maximum absolute atomic E-state index is 8.63. The van der Waals surface area contributed by atoms with E-state index in [0.29, 0.717) is 11.5 Å². The molecule has 0 fully saturated rings.